The summed E-state index contributed by atoms with van der Waals surface area (Å²) in [6.07, 6.45) is 2.68. The molecule has 3 aromatic carbocycles. The highest BCUT2D eigenvalue weighted by atomic mass is 16.5. The predicted octanol–water partition coefficient (Wildman–Crippen LogP) is 7.16. The van der Waals surface area contributed by atoms with E-state index in [0.717, 1.165) is 41.6 Å². The van der Waals surface area contributed by atoms with Crippen molar-refractivity contribution >= 4 is 39.8 Å². The van der Waals surface area contributed by atoms with E-state index in [1.54, 1.807) is 26.2 Å². The molecule has 5 aromatic rings. The molecule has 0 saturated heterocycles. The number of esters is 1. The van der Waals surface area contributed by atoms with E-state index < -0.39 is 0 Å². The number of ether oxygens (including phenoxy) is 2. The number of aromatic nitrogens is 1. The van der Waals surface area contributed by atoms with Crippen LogP contribution in [0.4, 0.5) is 10.5 Å². The van der Waals surface area contributed by atoms with Crippen molar-refractivity contribution in [2.75, 3.05) is 25.6 Å². The zero-order chi connectivity index (χ0) is 27.9. The smallest absolute Gasteiger partial charge is 0.319 e. The van der Waals surface area contributed by atoms with Crippen LogP contribution in [0, 0.1) is 0 Å². The van der Waals surface area contributed by atoms with Crippen LogP contribution in [0.15, 0.2) is 75.6 Å². The zero-order valence-electron chi connectivity index (χ0n) is 22.5. The number of carbonyl (C=O) groups excluding carboxylic acids is 2. The fourth-order valence-electron chi connectivity index (χ4n) is 4.44. The number of hydrogen-bond donors (Lipinski definition) is 2. The van der Waals surface area contributed by atoms with Gasteiger partial charge in [-0.3, -0.25) is 4.79 Å². The molecule has 2 aromatic heterocycles. The van der Waals surface area contributed by atoms with Crippen molar-refractivity contribution in [1.82, 2.24) is 10.3 Å². The summed E-state index contributed by atoms with van der Waals surface area (Å²) < 4.78 is 22.4. The number of furan rings is 1. The lowest BCUT2D eigenvalue weighted by molar-refractivity contribution is -0.143. The first kappa shape index (κ1) is 26.8. The van der Waals surface area contributed by atoms with Crippen LogP contribution in [-0.2, 0) is 9.53 Å². The number of carbonyl (C=O) groups is 2. The first-order valence-electron chi connectivity index (χ1n) is 13.3. The van der Waals surface area contributed by atoms with Gasteiger partial charge in [0.25, 0.3) is 0 Å². The molecule has 5 rings (SSSR count). The van der Waals surface area contributed by atoms with E-state index in [4.69, 9.17) is 23.3 Å². The maximum Gasteiger partial charge on any atom is 0.319 e. The highest BCUT2D eigenvalue weighted by Gasteiger charge is 2.15. The van der Waals surface area contributed by atoms with Gasteiger partial charge in [-0.2, -0.15) is 0 Å². The molecule has 0 fully saturated rings. The van der Waals surface area contributed by atoms with Gasteiger partial charge < -0.3 is 28.9 Å². The van der Waals surface area contributed by atoms with Crippen molar-refractivity contribution in [2.45, 2.75) is 32.6 Å². The lowest BCUT2D eigenvalue weighted by atomic mass is 10.1. The number of nitrogens with zero attached hydrogens (tertiary/aromatic N) is 1. The molecule has 0 bridgehead atoms. The Morgan fingerprint density at radius 2 is 1.75 bits per heavy atom. The molecule has 0 unspecified atom stereocenters. The summed E-state index contributed by atoms with van der Waals surface area (Å²) in [5.74, 6) is 1.50. The largest absolute Gasteiger partial charge is 0.495 e. The number of anilines is 1. The number of rotatable bonds is 11. The highest BCUT2D eigenvalue weighted by molar-refractivity contribution is 5.92. The summed E-state index contributed by atoms with van der Waals surface area (Å²) in [6.45, 7) is 2.66. The van der Waals surface area contributed by atoms with Gasteiger partial charge >= 0.3 is 12.0 Å². The monoisotopic (exact) mass is 541 g/mol. The van der Waals surface area contributed by atoms with E-state index in [0.29, 0.717) is 53.6 Å². The molecule has 2 N–H and O–H groups in total. The zero-order valence-corrected chi connectivity index (χ0v) is 22.5. The Hall–Kier alpha value is -4.79. The van der Waals surface area contributed by atoms with Crippen molar-refractivity contribution in [2.24, 2.45) is 0 Å². The Morgan fingerprint density at radius 1 is 0.900 bits per heavy atom. The summed E-state index contributed by atoms with van der Waals surface area (Å²) >= 11 is 0. The molecule has 0 radical (unpaired) electrons. The van der Waals surface area contributed by atoms with Gasteiger partial charge in [0.2, 0.25) is 5.89 Å². The maximum absolute atomic E-state index is 12.5. The molecule has 0 aliphatic heterocycles. The third kappa shape index (κ3) is 6.26. The first-order valence-corrected chi connectivity index (χ1v) is 13.3. The molecule has 0 aliphatic rings. The van der Waals surface area contributed by atoms with Gasteiger partial charge in [-0.15, -0.1) is 0 Å². The van der Waals surface area contributed by atoms with Crippen LogP contribution in [0.25, 0.3) is 44.8 Å². The second-order valence-corrected chi connectivity index (χ2v) is 9.26. The van der Waals surface area contributed by atoms with Crippen molar-refractivity contribution in [3.05, 3.63) is 66.7 Å². The number of unbranched alkanes of at least 4 members (excludes halogenated alkanes) is 2. The van der Waals surface area contributed by atoms with Crippen LogP contribution in [0.5, 0.6) is 5.75 Å². The normalized spacial score (nSPS) is 11.1. The van der Waals surface area contributed by atoms with E-state index in [9.17, 15) is 9.59 Å². The minimum Gasteiger partial charge on any atom is -0.495 e. The number of methoxy groups -OCH3 is 1. The van der Waals surface area contributed by atoms with Crippen LogP contribution < -0.4 is 15.4 Å². The third-order valence-corrected chi connectivity index (χ3v) is 6.44. The van der Waals surface area contributed by atoms with Gasteiger partial charge in [-0.1, -0.05) is 24.6 Å². The Balaban J connectivity index is 1.24. The second-order valence-electron chi connectivity index (χ2n) is 9.26. The number of fused-ring (bicyclic) bond motifs is 2. The Bertz CT molecular complexity index is 1600. The number of urea groups is 1. The summed E-state index contributed by atoms with van der Waals surface area (Å²) in [5, 5.41) is 6.72. The summed E-state index contributed by atoms with van der Waals surface area (Å²) in [4.78, 5) is 28.6. The molecule has 2 amide bonds. The highest BCUT2D eigenvalue weighted by Crippen LogP contribution is 2.34. The van der Waals surface area contributed by atoms with Gasteiger partial charge in [0, 0.05) is 29.5 Å². The fraction of sp³-hybridized carbons (Fsp3) is 0.258. The lowest BCUT2D eigenvalue weighted by Crippen LogP contribution is -2.29. The molecule has 0 saturated carbocycles. The summed E-state index contributed by atoms with van der Waals surface area (Å²) in [6, 6.07) is 20.6. The maximum atomic E-state index is 12.5. The lowest BCUT2D eigenvalue weighted by Gasteiger charge is -2.12. The van der Waals surface area contributed by atoms with Crippen molar-refractivity contribution in [3.63, 3.8) is 0 Å². The van der Waals surface area contributed by atoms with E-state index >= 15 is 0 Å². The number of amides is 2. The second kappa shape index (κ2) is 12.4. The number of hydrogen-bond acceptors (Lipinski definition) is 7. The van der Waals surface area contributed by atoms with Gasteiger partial charge in [0.15, 0.2) is 5.58 Å². The number of nitrogens with one attached hydrogen (secondary N) is 2. The van der Waals surface area contributed by atoms with Crippen LogP contribution in [-0.4, -0.2) is 37.2 Å². The van der Waals surface area contributed by atoms with Crippen molar-refractivity contribution in [1.29, 1.82) is 0 Å². The molecule has 206 valence electrons. The molecule has 2 heterocycles. The standard InChI is InChI=1S/C31H31N3O6/c1-3-38-29(35)11-5-4-8-16-32-31(36)34-23-18-22(13-14-26(23)37-2)30-33-24-17-21(12-15-27(24)40-30)28-19-20-9-6-7-10-25(20)39-28/h6-7,9-10,12-15,17-19H,3-5,8,11,16H2,1-2H3,(H2,32,34,36). The minimum absolute atomic E-state index is 0.189. The topological polar surface area (TPSA) is 116 Å². The number of para-hydroxylation sites is 1. The van der Waals surface area contributed by atoms with E-state index in [-0.39, 0.29) is 12.0 Å². The van der Waals surface area contributed by atoms with E-state index in [1.807, 2.05) is 54.6 Å². The average molecular weight is 542 g/mol. The van der Waals surface area contributed by atoms with Gasteiger partial charge in [0.05, 0.1) is 19.4 Å². The molecular weight excluding hydrogens is 510 g/mol. The molecule has 0 aliphatic carbocycles. The third-order valence-electron chi connectivity index (χ3n) is 6.44. The van der Waals surface area contributed by atoms with Crippen LogP contribution in [0.1, 0.15) is 32.6 Å². The fourth-order valence-corrected chi connectivity index (χ4v) is 4.44. The molecule has 9 nitrogen and oxygen atoms in total. The van der Waals surface area contributed by atoms with Crippen molar-refractivity contribution in [3.8, 4) is 28.5 Å². The van der Waals surface area contributed by atoms with Crippen LogP contribution in [0.3, 0.4) is 0 Å². The molecular formula is C31H31N3O6. The van der Waals surface area contributed by atoms with Crippen LogP contribution in [0.2, 0.25) is 0 Å². The summed E-state index contributed by atoms with van der Waals surface area (Å²) in [7, 11) is 1.54. The Kier molecular flexibility index (Phi) is 8.29. The molecule has 9 heteroatoms. The van der Waals surface area contributed by atoms with E-state index in [1.165, 1.54) is 0 Å². The van der Waals surface area contributed by atoms with Gasteiger partial charge in [0.1, 0.15) is 22.6 Å². The predicted molar refractivity (Wildman–Crippen MR) is 153 cm³/mol. The Morgan fingerprint density at radius 3 is 2.58 bits per heavy atom. The van der Waals surface area contributed by atoms with Crippen LogP contribution >= 0.6 is 0 Å². The number of oxazole rings is 1. The molecule has 0 spiro atoms. The minimum atomic E-state index is -0.353. The van der Waals surface area contributed by atoms with Crippen molar-refractivity contribution < 1.29 is 27.9 Å². The summed E-state index contributed by atoms with van der Waals surface area (Å²) in [5.41, 5.74) is 4.24. The Labute approximate surface area is 231 Å². The number of benzene rings is 3. The van der Waals surface area contributed by atoms with Gasteiger partial charge in [-0.25, -0.2) is 9.78 Å². The van der Waals surface area contributed by atoms with Gasteiger partial charge in [-0.05, 0) is 68.3 Å². The van der Waals surface area contributed by atoms with E-state index in [2.05, 4.69) is 10.6 Å². The first-order chi connectivity index (χ1) is 19.5. The quantitative estimate of drug-likeness (QED) is 0.135. The molecule has 0 atom stereocenters. The molecule has 40 heavy (non-hydrogen) atoms. The SMILES string of the molecule is CCOC(=O)CCCCCNC(=O)Nc1cc(-c2nc3cc(-c4cc5ccccc5o4)ccc3o2)ccc1OC. The average Bonchev–Trinajstić information content (AvgIpc) is 3.59.